The molecule has 2 aliphatic rings. The van der Waals surface area contributed by atoms with E-state index in [1.165, 1.54) is 23.0 Å². The summed E-state index contributed by atoms with van der Waals surface area (Å²) in [5.74, 6) is 0.0370. The van der Waals surface area contributed by atoms with Gasteiger partial charge in [-0.05, 0) is 60.5 Å². The Morgan fingerprint density at radius 2 is 1.55 bits per heavy atom. The Labute approximate surface area is 239 Å². The number of anilines is 2. The van der Waals surface area contributed by atoms with Gasteiger partial charge in [-0.2, -0.15) is 0 Å². The highest BCUT2D eigenvalue weighted by Crippen LogP contribution is 2.42. The first-order valence-corrected chi connectivity index (χ1v) is 14.4. The van der Waals surface area contributed by atoms with Crippen LogP contribution in [0.5, 0.6) is 0 Å². The van der Waals surface area contributed by atoms with Gasteiger partial charge in [-0.25, -0.2) is 0 Å². The van der Waals surface area contributed by atoms with E-state index in [-0.39, 0.29) is 11.8 Å². The molecule has 40 heavy (non-hydrogen) atoms. The first-order valence-electron chi connectivity index (χ1n) is 13.6. The molecule has 1 fully saturated rings. The zero-order chi connectivity index (χ0) is 27.5. The van der Waals surface area contributed by atoms with E-state index in [1.54, 1.807) is 0 Å². The smallest absolute Gasteiger partial charge is 0.265 e. The zero-order valence-electron chi connectivity index (χ0n) is 22.5. The highest BCUT2D eigenvalue weighted by atomic mass is 32.2. The molecule has 0 aliphatic carbocycles. The summed E-state index contributed by atoms with van der Waals surface area (Å²) in [7, 11) is 0. The normalized spacial score (nSPS) is 16.3. The molecule has 0 saturated carbocycles. The van der Waals surface area contributed by atoms with Crippen LogP contribution in [0.25, 0.3) is 6.08 Å². The second-order valence-electron chi connectivity index (χ2n) is 10.2. The number of nitrogens with zero attached hydrogens (tertiary/aromatic N) is 3. The maximum Gasteiger partial charge on any atom is 0.265 e. The van der Waals surface area contributed by atoms with Crippen LogP contribution in [-0.2, 0) is 11.3 Å². The summed E-state index contributed by atoms with van der Waals surface area (Å²) in [6.45, 7) is 5.61. The van der Waals surface area contributed by atoms with Crippen LogP contribution in [0.3, 0.4) is 0 Å². The van der Waals surface area contributed by atoms with Gasteiger partial charge in [0, 0.05) is 42.3 Å². The monoisotopic (exact) mass is 545 g/mol. The van der Waals surface area contributed by atoms with Gasteiger partial charge in [0.1, 0.15) is 0 Å². The van der Waals surface area contributed by atoms with E-state index in [1.807, 2.05) is 82.6 Å². The van der Waals surface area contributed by atoms with Crippen molar-refractivity contribution in [1.82, 2.24) is 4.90 Å². The van der Waals surface area contributed by atoms with Crippen molar-refractivity contribution in [2.24, 2.45) is 0 Å². The minimum absolute atomic E-state index is 0.0124. The number of hydrogen-bond donors (Lipinski definition) is 0. The summed E-state index contributed by atoms with van der Waals surface area (Å²) < 4.78 is 0. The number of hydrogen-bond acceptors (Lipinski definition) is 4. The van der Waals surface area contributed by atoms with Gasteiger partial charge in [0.25, 0.3) is 11.8 Å². The number of para-hydroxylation sites is 2. The molecule has 2 amide bonds. The molecule has 4 aromatic carbocycles. The van der Waals surface area contributed by atoms with Gasteiger partial charge in [0.15, 0.2) is 0 Å². The fraction of sp³-hybridized carbons (Fsp3) is 0.176. The minimum atomic E-state index is -0.0124. The summed E-state index contributed by atoms with van der Waals surface area (Å²) in [6.07, 6.45) is 1.93. The number of carbonyl (C=O) groups is 2. The first kappa shape index (κ1) is 26.0. The number of fused-ring (bicyclic) bond motifs is 1. The molecule has 0 bridgehead atoms. The van der Waals surface area contributed by atoms with Gasteiger partial charge >= 0.3 is 0 Å². The number of rotatable bonds is 5. The van der Waals surface area contributed by atoms with E-state index >= 15 is 0 Å². The fourth-order valence-electron chi connectivity index (χ4n) is 5.27. The summed E-state index contributed by atoms with van der Waals surface area (Å²) >= 11 is 1.50. The van der Waals surface area contributed by atoms with Crippen LogP contribution < -0.4 is 9.80 Å². The third-order valence-corrected chi connectivity index (χ3v) is 8.48. The van der Waals surface area contributed by atoms with Crippen LogP contribution in [0.4, 0.5) is 11.4 Å². The van der Waals surface area contributed by atoms with Crippen LogP contribution in [0.15, 0.2) is 113 Å². The number of amides is 2. The quantitative estimate of drug-likeness (QED) is 0.264. The van der Waals surface area contributed by atoms with E-state index in [2.05, 4.69) is 48.2 Å². The highest BCUT2D eigenvalue weighted by Gasteiger charge is 2.29. The molecule has 6 rings (SSSR count). The van der Waals surface area contributed by atoms with Crippen LogP contribution in [0.2, 0.25) is 0 Å². The van der Waals surface area contributed by atoms with Crippen molar-refractivity contribution in [2.45, 2.75) is 18.4 Å². The average Bonchev–Trinajstić information content (AvgIpc) is 3.00. The van der Waals surface area contributed by atoms with E-state index in [4.69, 9.17) is 0 Å². The summed E-state index contributed by atoms with van der Waals surface area (Å²) in [5.41, 5.74) is 5.97. The minimum Gasteiger partial charge on any atom is -0.368 e. The van der Waals surface area contributed by atoms with Crippen molar-refractivity contribution in [1.29, 1.82) is 0 Å². The van der Waals surface area contributed by atoms with Crippen molar-refractivity contribution >= 4 is 41.0 Å². The summed E-state index contributed by atoms with van der Waals surface area (Å²) in [6, 6.07) is 34.3. The van der Waals surface area contributed by atoms with Crippen LogP contribution in [0, 0.1) is 6.92 Å². The van der Waals surface area contributed by atoms with Crippen molar-refractivity contribution in [2.75, 3.05) is 36.0 Å². The molecule has 1 saturated heterocycles. The molecule has 200 valence electrons. The molecule has 2 aliphatic heterocycles. The molecule has 4 aromatic rings. The Morgan fingerprint density at radius 1 is 0.825 bits per heavy atom. The van der Waals surface area contributed by atoms with Gasteiger partial charge in [0.05, 0.1) is 17.1 Å². The van der Waals surface area contributed by atoms with E-state index in [0.29, 0.717) is 30.1 Å². The molecule has 0 aromatic heterocycles. The van der Waals surface area contributed by atoms with Gasteiger partial charge in [-0.1, -0.05) is 84.1 Å². The Hall–Kier alpha value is -4.29. The lowest BCUT2D eigenvalue weighted by Crippen LogP contribution is -2.48. The predicted octanol–water partition coefficient (Wildman–Crippen LogP) is 6.64. The number of piperazine rings is 1. The molecule has 0 atom stereocenters. The molecular weight excluding hydrogens is 514 g/mol. The summed E-state index contributed by atoms with van der Waals surface area (Å²) in [4.78, 5) is 34.7. The molecule has 0 radical (unpaired) electrons. The van der Waals surface area contributed by atoms with Gasteiger partial charge < -0.3 is 14.7 Å². The Balaban J connectivity index is 1.17. The van der Waals surface area contributed by atoms with Crippen molar-refractivity contribution in [3.8, 4) is 0 Å². The Kier molecular flexibility index (Phi) is 7.43. The number of carbonyl (C=O) groups excluding carboxylic acids is 2. The second kappa shape index (κ2) is 11.4. The topological polar surface area (TPSA) is 43.9 Å². The van der Waals surface area contributed by atoms with E-state index in [0.717, 1.165) is 34.8 Å². The van der Waals surface area contributed by atoms with E-state index < -0.39 is 0 Å². The Morgan fingerprint density at radius 3 is 2.30 bits per heavy atom. The lowest BCUT2D eigenvalue weighted by Gasteiger charge is -2.36. The zero-order valence-corrected chi connectivity index (χ0v) is 23.3. The maximum absolute atomic E-state index is 13.7. The van der Waals surface area contributed by atoms with Crippen molar-refractivity contribution < 1.29 is 9.59 Å². The molecule has 0 spiro atoms. The fourth-order valence-corrected chi connectivity index (χ4v) is 6.33. The van der Waals surface area contributed by atoms with Gasteiger partial charge in [-0.3, -0.25) is 9.59 Å². The molecule has 5 nitrogen and oxygen atoms in total. The third kappa shape index (κ3) is 5.54. The number of thioether (sulfide) groups is 1. The van der Waals surface area contributed by atoms with Crippen molar-refractivity contribution in [3.63, 3.8) is 0 Å². The van der Waals surface area contributed by atoms with E-state index in [9.17, 15) is 9.59 Å². The largest absolute Gasteiger partial charge is 0.368 e. The lowest BCUT2D eigenvalue weighted by molar-refractivity contribution is -0.114. The van der Waals surface area contributed by atoms with Crippen LogP contribution in [0.1, 0.15) is 27.0 Å². The van der Waals surface area contributed by atoms with Crippen molar-refractivity contribution in [3.05, 3.63) is 130 Å². The second-order valence-corrected chi connectivity index (χ2v) is 11.3. The SMILES string of the molecule is Cc1cccc(CN2C(=O)C(=Cc3ccc(C(=O)N4CCN(c5ccccc5)CC4)cc3)Sc3ccccc32)c1. The number of aryl methyl sites for hydroxylation is 1. The molecular formula is C34H31N3O2S. The molecule has 0 N–H and O–H groups in total. The van der Waals surface area contributed by atoms with Gasteiger partial charge in [0.2, 0.25) is 0 Å². The number of benzene rings is 4. The Bertz CT molecular complexity index is 1560. The predicted molar refractivity (Wildman–Crippen MR) is 164 cm³/mol. The van der Waals surface area contributed by atoms with Crippen LogP contribution in [-0.4, -0.2) is 42.9 Å². The standard InChI is InChI=1S/C34H31N3O2S/c1-25-8-7-9-27(22-25)24-37-30-12-5-6-13-31(30)40-32(34(37)39)23-26-14-16-28(17-15-26)33(38)36-20-18-35(19-21-36)29-10-3-2-4-11-29/h2-17,22-23H,18-21,24H2,1H3. The average molecular weight is 546 g/mol. The molecule has 2 heterocycles. The van der Waals surface area contributed by atoms with Crippen LogP contribution >= 0.6 is 11.8 Å². The van der Waals surface area contributed by atoms with Gasteiger partial charge in [-0.15, -0.1) is 0 Å². The molecule has 6 heteroatoms. The molecule has 0 unspecified atom stereocenters. The summed E-state index contributed by atoms with van der Waals surface area (Å²) in [5, 5.41) is 0. The lowest BCUT2D eigenvalue weighted by atomic mass is 10.1. The third-order valence-electron chi connectivity index (χ3n) is 7.40. The first-order chi connectivity index (χ1) is 19.5. The highest BCUT2D eigenvalue weighted by molar-refractivity contribution is 8.04. The maximum atomic E-state index is 13.7.